The van der Waals surface area contributed by atoms with Crippen molar-refractivity contribution in [3.8, 4) is 24.7 Å². The molecule has 2 atom stereocenters. The van der Waals surface area contributed by atoms with Crippen LogP contribution in [-0.2, 0) is 0 Å². The molecule has 34 heavy (non-hydrogen) atoms. The van der Waals surface area contributed by atoms with Crippen LogP contribution >= 0.6 is 0 Å². The minimum atomic E-state index is -0.730. The first-order chi connectivity index (χ1) is 16.7. The summed E-state index contributed by atoms with van der Waals surface area (Å²) in [4.78, 5) is 0. The van der Waals surface area contributed by atoms with E-state index in [0.29, 0.717) is 0 Å². The van der Waals surface area contributed by atoms with Crippen LogP contribution < -0.4 is 0 Å². The summed E-state index contributed by atoms with van der Waals surface area (Å²) in [6, 6.07) is 0. The first-order valence-electron chi connectivity index (χ1n) is 13.6. The Morgan fingerprint density at radius 3 is 0.971 bits per heavy atom. The second-order valence-corrected chi connectivity index (χ2v) is 9.00. The van der Waals surface area contributed by atoms with Gasteiger partial charge in [-0.3, -0.25) is 0 Å². The predicted octanol–water partition coefficient (Wildman–Crippen LogP) is 8.22. The third-order valence-corrected chi connectivity index (χ3v) is 5.79. The van der Waals surface area contributed by atoms with Crippen LogP contribution in [-0.4, -0.2) is 22.4 Å². The number of allylic oxidation sites excluding steroid dienone is 6. The molecule has 0 saturated carbocycles. The van der Waals surface area contributed by atoms with Crippen LogP contribution in [0.5, 0.6) is 0 Å². The van der Waals surface area contributed by atoms with Gasteiger partial charge in [0.15, 0.2) is 0 Å². The van der Waals surface area contributed by atoms with Gasteiger partial charge in [0.1, 0.15) is 12.2 Å². The predicted molar refractivity (Wildman–Crippen MR) is 149 cm³/mol. The topological polar surface area (TPSA) is 40.5 Å². The zero-order valence-electron chi connectivity index (χ0n) is 21.6. The van der Waals surface area contributed by atoms with Gasteiger partial charge >= 0.3 is 0 Å². The maximum atomic E-state index is 9.22. The molecule has 0 unspecified atom stereocenters. The van der Waals surface area contributed by atoms with Gasteiger partial charge in [-0.15, -0.1) is 12.8 Å². The number of hydrogen-bond acceptors (Lipinski definition) is 2. The Kier molecular flexibility index (Phi) is 25.6. The van der Waals surface area contributed by atoms with Crippen molar-refractivity contribution < 1.29 is 10.2 Å². The summed E-state index contributed by atoms with van der Waals surface area (Å²) in [6.07, 6.45) is 47.7. The molecular formula is C32H50O2. The van der Waals surface area contributed by atoms with Crippen LogP contribution in [0.25, 0.3) is 0 Å². The summed E-state index contributed by atoms with van der Waals surface area (Å²) in [5.74, 6) is 4.57. The summed E-state index contributed by atoms with van der Waals surface area (Å²) < 4.78 is 0. The van der Waals surface area contributed by atoms with Gasteiger partial charge in [0, 0.05) is 0 Å². The number of rotatable bonds is 23. The third kappa shape index (κ3) is 26.3. The summed E-state index contributed by atoms with van der Waals surface area (Å²) in [5, 5.41) is 18.4. The number of aliphatic hydroxyl groups is 2. The lowest BCUT2D eigenvalue weighted by molar-refractivity contribution is 0.280. The number of hydrogen-bond donors (Lipinski definition) is 2. The van der Waals surface area contributed by atoms with E-state index < -0.39 is 12.2 Å². The van der Waals surface area contributed by atoms with E-state index in [-0.39, 0.29) is 0 Å². The number of aliphatic hydroxyl groups excluding tert-OH is 2. The molecule has 0 amide bonds. The summed E-state index contributed by atoms with van der Waals surface area (Å²) in [5.41, 5.74) is 0. The van der Waals surface area contributed by atoms with E-state index in [1.807, 2.05) is 12.2 Å². The average Bonchev–Trinajstić information content (AvgIpc) is 2.85. The number of unbranched alkanes of at least 4 members (excludes halogenated alkanes) is 15. The first kappa shape index (κ1) is 32.0. The van der Waals surface area contributed by atoms with Crippen molar-refractivity contribution in [2.24, 2.45) is 0 Å². The number of terminal acetylenes is 2. The lowest BCUT2D eigenvalue weighted by Crippen LogP contribution is -1.95. The van der Waals surface area contributed by atoms with Gasteiger partial charge in [-0.1, -0.05) is 86.8 Å². The molecule has 0 rings (SSSR count). The highest BCUT2D eigenvalue weighted by Gasteiger charge is 1.93. The van der Waals surface area contributed by atoms with E-state index in [9.17, 15) is 10.2 Å². The fourth-order valence-corrected chi connectivity index (χ4v) is 3.67. The summed E-state index contributed by atoms with van der Waals surface area (Å²) >= 11 is 0. The van der Waals surface area contributed by atoms with Crippen molar-refractivity contribution in [3.63, 3.8) is 0 Å². The van der Waals surface area contributed by atoms with Crippen LogP contribution in [0, 0.1) is 24.7 Å². The molecule has 2 N–H and O–H groups in total. The van der Waals surface area contributed by atoms with Gasteiger partial charge in [0.25, 0.3) is 0 Å². The minimum Gasteiger partial charge on any atom is -0.377 e. The minimum absolute atomic E-state index is 0.723. The lowest BCUT2D eigenvalue weighted by Gasteiger charge is -2.00. The average molecular weight is 467 g/mol. The van der Waals surface area contributed by atoms with Crippen LogP contribution in [0.1, 0.15) is 116 Å². The van der Waals surface area contributed by atoms with Crippen LogP contribution in [0.2, 0.25) is 0 Å². The highest BCUT2D eigenvalue weighted by atomic mass is 16.3. The van der Waals surface area contributed by atoms with E-state index in [0.717, 1.165) is 19.3 Å². The molecule has 2 heteroatoms. The molecule has 0 aliphatic carbocycles. The van der Waals surface area contributed by atoms with Crippen molar-refractivity contribution in [3.05, 3.63) is 48.6 Å². The van der Waals surface area contributed by atoms with Crippen LogP contribution in [0.3, 0.4) is 0 Å². The normalized spacial score (nSPS) is 13.8. The Morgan fingerprint density at radius 1 is 0.412 bits per heavy atom. The molecule has 0 radical (unpaired) electrons. The van der Waals surface area contributed by atoms with Crippen molar-refractivity contribution >= 4 is 0 Å². The molecule has 0 saturated heterocycles. The standard InChI is InChI=1S/C32H50O2/c1-3-31(33)29-27-25-23-21-19-17-15-13-11-9-7-5-6-8-10-12-14-16-18-20-22-24-26-28-30-32(34)4-2/h1-2,5,7,14,16,27-34H,6,8-13,15,17-26H2/b7-5-,16-14-,29-27+,30-28+/t31-,32-/m0/s1. The molecule has 0 aliphatic rings. The summed E-state index contributed by atoms with van der Waals surface area (Å²) in [7, 11) is 0. The van der Waals surface area contributed by atoms with Crippen LogP contribution in [0.4, 0.5) is 0 Å². The van der Waals surface area contributed by atoms with Crippen molar-refractivity contribution in [1.82, 2.24) is 0 Å². The molecule has 0 aliphatic heterocycles. The van der Waals surface area contributed by atoms with E-state index in [4.69, 9.17) is 12.8 Å². The molecule has 190 valence electrons. The van der Waals surface area contributed by atoms with Gasteiger partial charge in [-0.05, 0) is 89.2 Å². The van der Waals surface area contributed by atoms with Gasteiger partial charge in [0.05, 0.1) is 0 Å². The van der Waals surface area contributed by atoms with Gasteiger partial charge in [-0.25, -0.2) is 0 Å². The molecule has 0 aromatic heterocycles. The lowest BCUT2D eigenvalue weighted by atomic mass is 10.1. The molecule has 0 bridgehead atoms. The van der Waals surface area contributed by atoms with Gasteiger partial charge in [-0.2, -0.15) is 0 Å². The quantitative estimate of drug-likeness (QED) is 0.0904. The van der Waals surface area contributed by atoms with Gasteiger partial charge < -0.3 is 10.2 Å². The molecule has 0 fully saturated rings. The molecule has 0 aromatic rings. The van der Waals surface area contributed by atoms with Gasteiger partial charge in [0.2, 0.25) is 0 Å². The van der Waals surface area contributed by atoms with E-state index >= 15 is 0 Å². The van der Waals surface area contributed by atoms with E-state index in [2.05, 4.69) is 36.1 Å². The molecule has 0 aromatic carbocycles. The van der Waals surface area contributed by atoms with Crippen molar-refractivity contribution in [1.29, 1.82) is 0 Å². The van der Waals surface area contributed by atoms with E-state index in [1.54, 1.807) is 12.2 Å². The maximum absolute atomic E-state index is 9.22. The fourth-order valence-electron chi connectivity index (χ4n) is 3.67. The highest BCUT2D eigenvalue weighted by molar-refractivity contribution is 5.06. The SMILES string of the molecule is C#C[C@H](O)/C=C/CCCCC/C=C\CCCC/C=C\CCCCCCCCC/C=C/[C@@H](O)C#C. The van der Waals surface area contributed by atoms with Crippen LogP contribution in [0.15, 0.2) is 48.6 Å². The molecule has 0 heterocycles. The molecular weight excluding hydrogens is 416 g/mol. The second-order valence-electron chi connectivity index (χ2n) is 9.00. The second kappa shape index (κ2) is 27.2. The Bertz CT molecular complexity index is 626. The monoisotopic (exact) mass is 466 g/mol. The molecule has 0 spiro atoms. The zero-order chi connectivity index (χ0) is 25.0. The smallest absolute Gasteiger partial charge is 0.133 e. The fraction of sp³-hybridized carbons (Fsp3) is 0.625. The third-order valence-electron chi connectivity index (χ3n) is 5.79. The van der Waals surface area contributed by atoms with Crippen molar-refractivity contribution in [2.45, 2.75) is 128 Å². The largest absolute Gasteiger partial charge is 0.377 e. The summed E-state index contributed by atoms with van der Waals surface area (Å²) in [6.45, 7) is 0. The maximum Gasteiger partial charge on any atom is 0.133 e. The Morgan fingerprint density at radius 2 is 0.647 bits per heavy atom. The first-order valence-corrected chi connectivity index (χ1v) is 13.6. The Hall–Kier alpha value is -2.00. The Balaban J connectivity index is 3.27. The van der Waals surface area contributed by atoms with Crippen molar-refractivity contribution in [2.75, 3.05) is 0 Å². The zero-order valence-corrected chi connectivity index (χ0v) is 21.6. The molecule has 2 nitrogen and oxygen atoms in total. The Labute approximate surface area is 211 Å². The highest BCUT2D eigenvalue weighted by Crippen LogP contribution is 2.11. The van der Waals surface area contributed by atoms with E-state index in [1.165, 1.54) is 96.3 Å².